The molecule has 2 heterocycles. The van der Waals surface area contributed by atoms with Gasteiger partial charge < -0.3 is 29.4 Å². The third-order valence-electron chi connectivity index (χ3n) is 6.18. The highest BCUT2D eigenvalue weighted by Crippen LogP contribution is 2.31. The molecule has 2 N–H and O–H groups in total. The van der Waals surface area contributed by atoms with E-state index < -0.39 is 11.8 Å². The Morgan fingerprint density at radius 2 is 1.89 bits per heavy atom. The summed E-state index contributed by atoms with van der Waals surface area (Å²) in [6.07, 6.45) is 4.81. The molecule has 0 aliphatic carbocycles. The van der Waals surface area contributed by atoms with Gasteiger partial charge in [0.15, 0.2) is 11.5 Å². The number of fused-ring (bicyclic) bond motifs is 1. The minimum atomic E-state index is -0.452. The molecule has 2 aromatic carbocycles. The van der Waals surface area contributed by atoms with Crippen molar-refractivity contribution in [1.29, 1.82) is 0 Å². The van der Waals surface area contributed by atoms with Crippen LogP contribution in [-0.4, -0.2) is 45.2 Å². The van der Waals surface area contributed by atoms with Gasteiger partial charge in [-0.05, 0) is 61.7 Å². The van der Waals surface area contributed by atoms with Gasteiger partial charge in [0.1, 0.15) is 11.5 Å². The number of methoxy groups -OCH3 is 2. The van der Waals surface area contributed by atoms with E-state index in [1.54, 1.807) is 30.3 Å². The number of ether oxygens (including phenoxy) is 2. The first-order valence-electron chi connectivity index (χ1n) is 11.9. The summed E-state index contributed by atoms with van der Waals surface area (Å²) >= 11 is 0. The summed E-state index contributed by atoms with van der Waals surface area (Å²) in [5.41, 5.74) is 3.03. The number of benzene rings is 2. The predicted octanol–water partition coefficient (Wildman–Crippen LogP) is 4.03. The minimum Gasteiger partial charge on any atom is -0.493 e. The molecule has 3 aromatic rings. The molecule has 0 saturated carbocycles. The smallest absolute Gasteiger partial charge is 0.267 e. The Hall–Kier alpha value is -4.20. The molecule has 8 nitrogen and oxygen atoms in total. The van der Waals surface area contributed by atoms with Crippen LogP contribution < -0.4 is 25.0 Å². The van der Waals surface area contributed by atoms with E-state index in [0.717, 1.165) is 19.4 Å². The molecule has 1 aromatic heterocycles. The first-order chi connectivity index (χ1) is 17.5. The molecule has 188 valence electrons. The van der Waals surface area contributed by atoms with Crippen molar-refractivity contribution in [3.8, 4) is 11.5 Å². The number of carbonyl (C=O) groups excluding carboxylic acids is 2. The van der Waals surface area contributed by atoms with Crippen LogP contribution in [0.1, 0.15) is 35.0 Å². The molecule has 36 heavy (non-hydrogen) atoms. The third-order valence-corrected chi connectivity index (χ3v) is 6.18. The normalized spacial score (nSPS) is 14.8. The van der Waals surface area contributed by atoms with Crippen molar-refractivity contribution in [2.45, 2.75) is 25.8 Å². The van der Waals surface area contributed by atoms with Gasteiger partial charge in [-0.3, -0.25) is 9.59 Å². The van der Waals surface area contributed by atoms with Gasteiger partial charge in [-0.25, -0.2) is 0 Å². The summed E-state index contributed by atoms with van der Waals surface area (Å²) in [5.74, 6) is 0.536. The monoisotopic (exact) mass is 489 g/mol. The Balaban J connectivity index is 1.39. The number of amides is 2. The highest BCUT2D eigenvalue weighted by atomic mass is 16.5. The summed E-state index contributed by atoms with van der Waals surface area (Å²) in [6, 6.07) is 17.1. The van der Waals surface area contributed by atoms with Crippen molar-refractivity contribution >= 4 is 23.6 Å². The molecular weight excluding hydrogens is 458 g/mol. The maximum absolute atomic E-state index is 13.0. The second-order valence-electron chi connectivity index (χ2n) is 8.58. The number of hydrogen-bond donors (Lipinski definition) is 2. The van der Waals surface area contributed by atoms with E-state index in [1.165, 1.54) is 37.8 Å². The van der Waals surface area contributed by atoms with Crippen LogP contribution in [0.15, 0.2) is 71.0 Å². The van der Waals surface area contributed by atoms with Crippen LogP contribution >= 0.6 is 0 Å². The van der Waals surface area contributed by atoms with E-state index in [1.807, 2.05) is 0 Å². The van der Waals surface area contributed by atoms with Gasteiger partial charge in [0.2, 0.25) is 0 Å². The lowest BCUT2D eigenvalue weighted by Gasteiger charge is -2.25. The third kappa shape index (κ3) is 5.71. The number of hydrogen-bond acceptors (Lipinski definition) is 6. The van der Waals surface area contributed by atoms with Crippen LogP contribution in [-0.2, 0) is 11.2 Å². The lowest BCUT2D eigenvalue weighted by atomic mass is 10.1. The second kappa shape index (κ2) is 11.5. The zero-order valence-corrected chi connectivity index (χ0v) is 20.7. The highest BCUT2D eigenvalue weighted by molar-refractivity contribution is 6.05. The van der Waals surface area contributed by atoms with Gasteiger partial charge in [0.05, 0.1) is 20.5 Å². The fourth-order valence-electron chi connectivity index (χ4n) is 4.36. The Morgan fingerprint density at radius 3 is 2.64 bits per heavy atom. The van der Waals surface area contributed by atoms with Crippen molar-refractivity contribution < 1.29 is 23.5 Å². The molecular formula is C28H31N3O5. The molecule has 0 radical (unpaired) electrons. The molecule has 0 spiro atoms. The fraction of sp³-hybridized carbons (Fsp3) is 0.286. The zero-order valence-electron chi connectivity index (χ0n) is 20.7. The summed E-state index contributed by atoms with van der Waals surface area (Å²) in [6.45, 7) is 3.51. The molecule has 0 saturated heterocycles. The van der Waals surface area contributed by atoms with Gasteiger partial charge in [-0.15, -0.1) is 0 Å². The molecule has 1 aliphatic heterocycles. The van der Waals surface area contributed by atoms with Gasteiger partial charge in [0, 0.05) is 36.5 Å². The van der Waals surface area contributed by atoms with Crippen LogP contribution in [0.2, 0.25) is 0 Å². The Bertz CT molecular complexity index is 1240. The van der Waals surface area contributed by atoms with E-state index in [-0.39, 0.29) is 5.70 Å². The van der Waals surface area contributed by atoms with Crippen molar-refractivity contribution in [2.24, 2.45) is 0 Å². The fourth-order valence-corrected chi connectivity index (χ4v) is 4.36. The molecule has 0 fully saturated rings. The number of carbonyl (C=O) groups is 2. The first kappa shape index (κ1) is 24.9. The van der Waals surface area contributed by atoms with E-state index in [0.29, 0.717) is 35.4 Å². The van der Waals surface area contributed by atoms with E-state index in [9.17, 15) is 9.59 Å². The minimum absolute atomic E-state index is 0.0876. The van der Waals surface area contributed by atoms with Crippen LogP contribution in [0.3, 0.4) is 0 Å². The SMILES string of the molecule is COc1ccc(C(=O)N/C(=C\c2ccco2)C(=O)NCCCN2c3ccccc3C[C@H]2C)cc1OC. The number of furan rings is 1. The van der Waals surface area contributed by atoms with Crippen molar-refractivity contribution in [2.75, 3.05) is 32.2 Å². The topological polar surface area (TPSA) is 93.0 Å². The van der Waals surface area contributed by atoms with Crippen LogP contribution in [0, 0.1) is 0 Å². The first-order valence-corrected chi connectivity index (χ1v) is 11.9. The second-order valence-corrected chi connectivity index (χ2v) is 8.58. The summed E-state index contributed by atoms with van der Waals surface area (Å²) in [5, 5.41) is 5.63. The quantitative estimate of drug-likeness (QED) is 0.330. The standard InChI is InChI=1S/C28H31N3O5/c1-19-16-20-8-4-5-10-24(20)31(19)14-7-13-29-28(33)23(18-22-9-6-15-36-22)30-27(32)21-11-12-25(34-2)26(17-21)35-3/h4-6,8-12,15,17-19H,7,13-14,16H2,1-3H3,(H,29,33)(H,30,32)/b23-18-/t19-/m1/s1. The molecule has 8 heteroatoms. The lowest BCUT2D eigenvalue weighted by molar-refractivity contribution is -0.117. The molecule has 1 atom stereocenters. The van der Waals surface area contributed by atoms with E-state index in [2.05, 4.69) is 46.7 Å². The van der Waals surface area contributed by atoms with E-state index >= 15 is 0 Å². The van der Waals surface area contributed by atoms with Crippen LogP contribution in [0.25, 0.3) is 6.08 Å². The average Bonchev–Trinajstić information content (AvgIpc) is 3.52. The maximum atomic E-state index is 13.0. The molecule has 1 aliphatic rings. The van der Waals surface area contributed by atoms with Gasteiger partial charge in [-0.1, -0.05) is 18.2 Å². The van der Waals surface area contributed by atoms with Gasteiger partial charge in [0.25, 0.3) is 11.8 Å². The van der Waals surface area contributed by atoms with E-state index in [4.69, 9.17) is 13.9 Å². The molecule has 0 bridgehead atoms. The van der Waals surface area contributed by atoms with Crippen molar-refractivity contribution in [1.82, 2.24) is 10.6 Å². The maximum Gasteiger partial charge on any atom is 0.267 e. The largest absolute Gasteiger partial charge is 0.493 e. The van der Waals surface area contributed by atoms with Crippen LogP contribution in [0.4, 0.5) is 5.69 Å². The van der Waals surface area contributed by atoms with Gasteiger partial charge in [-0.2, -0.15) is 0 Å². The number of anilines is 1. The lowest BCUT2D eigenvalue weighted by Crippen LogP contribution is -2.37. The van der Waals surface area contributed by atoms with Crippen molar-refractivity contribution in [3.63, 3.8) is 0 Å². The molecule has 2 amide bonds. The number of nitrogens with one attached hydrogen (secondary N) is 2. The Kier molecular flexibility index (Phi) is 7.95. The van der Waals surface area contributed by atoms with Gasteiger partial charge >= 0.3 is 0 Å². The summed E-state index contributed by atoms with van der Waals surface area (Å²) in [4.78, 5) is 28.3. The van der Waals surface area contributed by atoms with Crippen LogP contribution in [0.5, 0.6) is 11.5 Å². The molecule has 4 rings (SSSR count). The summed E-state index contributed by atoms with van der Waals surface area (Å²) in [7, 11) is 3.02. The van der Waals surface area contributed by atoms with Crippen molar-refractivity contribution in [3.05, 3.63) is 83.4 Å². The number of rotatable bonds is 10. The Morgan fingerprint density at radius 1 is 1.08 bits per heavy atom. The zero-order chi connectivity index (χ0) is 25.5. The number of para-hydroxylation sites is 1. The predicted molar refractivity (Wildman–Crippen MR) is 138 cm³/mol. The summed E-state index contributed by atoms with van der Waals surface area (Å²) < 4.78 is 15.9. The number of nitrogens with zero attached hydrogens (tertiary/aromatic N) is 1. The highest BCUT2D eigenvalue weighted by Gasteiger charge is 2.25. The molecule has 0 unspecified atom stereocenters. The average molecular weight is 490 g/mol. The Labute approximate surface area is 210 Å².